The van der Waals surface area contributed by atoms with Gasteiger partial charge in [-0.25, -0.2) is 27.2 Å². The molecule has 0 aromatic heterocycles. The van der Waals surface area contributed by atoms with Gasteiger partial charge in [0, 0.05) is 10.5 Å². The fraction of sp³-hybridized carbons (Fsp3) is 0.231. The molecule has 1 amide bonds. The third-order valence-corrected chi connectivity index (χ3v) is 10.2. The summed E-state index contributed by atoms with van der Waals surface area (Å²) in [6, 6.07) is 21.3. The van der Waals surface area contributed by atoms with E-state index in [-0.39, 0.29) is 21.0 Å². The maximum atomic E-state index is 14.3. The maximum Gasteiger partial charge on any atom is 0.416 e. The molecular formula is C26H24N2O9S2. The van der Waals surface area contributed by atoms with Gasteiger partial charge in [0.2, 0.25) is 0 Å². The Bertz CT molecular complexity index is 1540. The number of thioether (sulfide) groups is 1. The van der Waals surface area contributed by atoms with Gasteiger partial charge in [-0.1, -0.05) is 54.6 Å². The first kappa shape index (κ1) is 27.0. The van der Waals surface area contributed by atoms with Gasteiger partial charge < -0.3 is 24.8 Å². The van der Waals surface area contributed by atoms with Crippen molar-refractivity contribution in [1.82, 2.24) is 4.90 Å². The molecule has 0 bridgehead atoms. The molecule has 39 heavy (non-hydrogen) atoms. The van der Waals surface area contributed by atoms with Gasteiger partial charge in [0.15, 0.2) is 0 Å². The molecule has 0 aliphatic carbocycles. The van der Waals surface area contributed by atoms with E-state index >= 15 is 0 Å². The summed E-state index contributed by atoms with van der Waals surface area (Å²) >= 11 is 0.772. The van der Waals surface area contributed by atoms with Crippen molar-refractivity contribution >= 4 is 39.5 Å². The Morgan fingerprint density at radius 2 is 1.44 bits per heavy atom. The van der Waals surface area contributed by atoms with Crippen LogP contribution in [0.15, 0.2) is 94.7 Å². The molecule has 4 atom stereocenters. The van der Waals surface area contributed by atoms with Gasteiger partial charge in [-0.15, -0.1) is 11.8 Å². The third kappa shape index (κ3) is 3.37. The second-order valence-corrected chi connectivity index (χ2v) is 11.9. The number of sulfonamides is 1. The molecule has 0 spiro atoms. The summed E-state index contributed by atoms with van der Waals surface area (Å²) in [6.07, 6.45) is -3.83. The van der Waals surface area contributed by atoms with Crippen molar-refractivity contribution in [3.63, 3.8) is 0 Å². The Morgan fingerprint density at radius 3 is 2.03 bits per heavy atom. The topological polar surface area (TPSA) is 154 Å². The number of likely N-dealkylation sites (tertiary alicyclic amines) is 1. The molecule has 2 aliphatic rings. The minimum atomic E-state index is -4.73. The van der Waals surface area contributed by atoms with E-state index in [4.69, 9.17) is 9.47 Å². The van der Waals surface area contributed by atoms with Crippen LogP contribution in [-0.4, -0.2) is 72.6 Å². The van der Waals surface area contributed by atoms with Crippen LogP contribution < -0.4 is 4.31 Å². The molecule has 5 rings (SSSR count). The number of hydrogen-bond donors (Lipinski definition) is 3. The van der Waals surface area contributed by atoms with Crippen LogP contribution in [0.5, 0.6) is 0 Å². The highest BCUT2D eigenvalue weighted by atomic mass is 32.2. The highest BCUT2D eigenvalue weighted by molar-refractivity contribution is 8.00. The second kappa shape index (κ2) is 9.24. The van der Waals surface area contributed by atoms with Crippen LogP contribution in [0.25, 0.3) is 0 Å². The Morgan fingerprint density at radius 1 is 0.872 bits per heavy atom. The summed E-state index contributed by atoms with van der Waals surface area (Å²) in [5.74, 6) is -4.66. The lowest BCUT2D eigenvalue weighted by Gasteiger charge is -2.44. The maximum absolute atomic E-state index is 14.3. The zero-order chi connectivity index (χ0) is 28.2. The number of hydrogen-bond acceptors (Lipinski definition) is 10. The monoisotopic (exact) mass is 572 g/mol. The number of nitrogens with zero attached hydrogens (tertiary/aromatic N) is 2. The average molecular weight is 573 g/mol. The molecule has 2 aliphatic heterocycles. The first-order valence-corrected chi connectivity index (χ1v) is 13.8. The number of aliphatic hydroxyl groups is 3. The number of fused-ring (bicyclic) bond motifs is 3. The predicted molar refractivity (Wildman–Crippen MR) is 139 cm³/mol. The highest BCUT2D eigenvalue weighted by Crippen LogP contribution is 2.68. The fourth-order valence-electron chi connectivity index (χ4n) is 5.25. The molecule has 204 valence electrons. The van der Waals surface area contributed by atoms with Crippen LogP contribution in [0.1, 0.15) is 5.56 Å². The summed E-state index contributed by atoms with van der Waals surface area (Å²) in [6.45, 7) is 0. The predicted octanol–water partition coefficient (Wildman–Crippen LogP) is 1.83. The van der Waals surface area contributed by atoms with Crippen molar-refractivity contribution < 1.29 is 42.8 Å². The number of benzene rings is 3. The summed E-state index contributed by atoms with van der Waals surface area (Å²) in [5, 5.41) is 36.5. The largest absolute Gasteiger partial charge is 0.465 e. The zero-order valence-electron chi connectivity index (χ0n) is 20.7. The van der Waals surface area contributed by atoms with E-state index in [0.717, 1.165) is 26.0 Å². The van der Waals surface area contributed by atoms with Gasteiger partial charge >= 0.3 is 12.1 Å². The third-order valence-electron chi connectivity index (χ3n) is 6.87. The summed E-state index contributed by atoms with van der Waals surface area (Å²) in [4.78, 5) is 26.7. The Labute approximate surface area is 228 Å². The van der Waals surface area contributed by atoms with Gasteiger partial charge in [0.1, 0.15) is 10.9 Å². The number of amides is 1. The highest BCUT2D eigenvalue weighted by Gasteiger charge is 2.86. The minimum Gasteiger partial charge on any atom is -0.465 e. The zero-order valence-corrected chi connectivity index (χ0v) is 22.3. The molecule has 1 unspecified atom stereocenters. The van der Waals surface area contributed by atoms with Gasteiger partial charge in [0.05, 0.1) is 24.8 Å². The van der Waals surface area contributed by atoms with E-state index in [1.807, 2.05) is 0 Å². The molecule has 1 saturated heterocycles. The summed E-state index contributed by atoms with van der Waals surface area (Å²) in [7, 11) is -2.91. The number of rotatable bonds is 5. The van der Waals surface area contributed by atoms with E-state index in [2.05, 4.69) is 0 Å². The lowest BCUT2D eigenvalue weighted by molar-refractivity contribution is -0.208. The van der Waals surface area contributed by atoms with Crippen molar-refractivity contribution in [3.05, 3.63) is 90.5 Å². The number of methoxy groups -OCH3 is 2. The van der Waals surface area contributed by atoms with Gasteiger partial charge in [0.25, 0.3) is 21.6 Å². The van der Waals surface area contributed by atoms with Gasteiger partial charge in [-0.05, 0) is 30.3 Å². The lowest BCUT2D eigenvalue weighted by atomic mass is 9.89. The molecule has 3 aromatic carbocycles. The van der Waals surface area contributed by atoms with E-state index < -0.39 is 44.5 Å². The molecule has 3 aromatic rings. The lowest BCUT2D eigenvalue weighted by Crippen LogP contribution is -2.69. The van der Waals surface area contributed by atoms with Crippen LogP contribution >= 0.6 is 11.8 Å². The molecular weight excluding hydrogens is 548 g/mol. The number of carbonyl (C=O) groups excluding carboxylic acids is 2. The molecule has 0 radical (unpaired) electrons. The first-order chi connectivity index (χ1) is 18.5. The Kier molecular flexibility index (Phi) is 6.39. The van der Waals surface area contributed by atoms with Gasteiger partial charge in [-0.2, -0.15) is 0 Å². The standard InChI is InChI=1S/C26H24N2O9S2/c1-36-22(30)25(32)21(29)24(38-17-11-5-3-6-12-17)19-15-9-10-16-20(19)28(26(24,33)27(25)23(31)37-2)39(34,35)18-13-7-4-8-14-18/h3-16,21,29,32-33H,1-2H3/t21?,24-,25-,26-/m0/s1. The summed E-state index contributed by atoms with van der Waals surface area (Å²) < 4.78 is 36.3. The quantitative estimate of drug-likeness (QED) is 0.386. The number of ether oxygens (including phenoxy) is 2. The molecule has 2 heterocycles. The smallest absolute Gasteiger partial charge is 0.416 e. The van der Waals surface area contributed by atoms with Crippen LogP contribution in [0.4, 0.5) is 10.5 Å². The summed E-state index contributed by atoms with van der Waals surface area (Å²) in [5.41, 5.74) is -3.34. The Hall–Kier alpha value is -3.62. The van der Waals surface area contributed by atoms with Crippen molar-refractivity contribution in [2.75, 3.05) is 18.5 Å². The van der Waals surface area contributed by atoms with Crippen LogP contribution in [-0.2, 0) is 29.0 Å². The number of anilines is 1. The molecule has 1 fully saturated rings. The fourth-order valence-corrected chi connectivity index (χ4v) is 8.55. The minimum absolute atomic E-state index is 0.0297. The average Bonchev–Trinajstić information content (AvgIpc) is 3.26. The molecule has 0 saturated carbocycles. The SMILES string of the molecule is COC(=O)N1[C@]2(O)N(S(=O)(=O)c3ccccc3)c3ccccc3[C@]2(Sc2ccccc2)C(O)[C@]1(O)C(=O)OC. The van der Waals surface area contributed by atoms with Crippen molar-refractivity contribution in [2.24, 2.45) is 0 Å². The van der Waals surface area contributed by atoms with E-state index in [1.54, 1.807) is 36.4 Å². The van der Waals surface area contributed by atoms with Crippen LogP contribution in [0, 0.1) is 0 Å². The molecule has 11 nitrogen and oxygen atoms in total. The number of carbonyl (C=O) groups is 2. The van der Waals surface area contributed by atoms with Gasteiger partial charge in [-0.3, -0.25) is 0 Å². The van der Waals surface area contributed by atoms with Crippen molar-refractivity contribution in [3.8, 4) is 0 Å². The molecule has 13 heteroatoms. The number of para-hydroxylation sites is 1. The van der Waals surface area contributed by atoms with Crippen molar-refractivity contribution in [2.45, 2.75) is 32.2 Å². The van der Waals surface area contributed by atoms with E-state index in [0.29, 0.717) is 9.20 Å². The van der Waals surface area contributed by atoms with Crippen LogP contribution in [0.3, 0.4) is 0 Å². The normalized spacial score (nSPS) is 27.6. The van der Waals surface area contributed by atoms with Crippen molar-refractivity contribution in [1.29, 1.82) is 0 Å². The number of aliphatic hydroxyl groups excluding tert-OH is 1. The van der Waals surface area contributed by atoms with E-state index in [1.165, 1.54) is 48.5 Å². The van der Waals surface area contributed by atoms with E-state index in [9.17, 15) is 33.3 Å². The second-order valence-electron chi connectivity index (χ2n) is 8.81. The van der Waals surface area contributed by atoms with Crippen LogP contribution in [0.2, 0.25) is 0 Å². The number of esters is 1. The Balaban J connectivity index is 1.93. The molecule has 3 N–H and O–H groups in total. The first-order valence-electron chi connectivity index (χ1n) is 11.6.